The van der Waals surface area contributed by atoms with Gasteiger partial charge in [0.15, 0.2) is 0 Å². The Bertz CT molecular complexity index is 235. The lowest BCUT2D eigenvalue weighted by molar-refractivity contribution is 0.168. The maximum Gasteiger partial charge on any atom is 0.450 e. The third-order valence-corrected chi connectivity index (χ3v) is 1.19. The largest absolute Gasteiger partial charge is 0.450 e. The van der Waals surface area contributed by atoms with Crippen LogP contribution in [0.3, 0.4) is 0 Å². The normalized spacial score (nSPS) is 9.09. The van der Waals surface area contributed by atoms with Crippen LogP contribution >= 0.6 is 0 Å². The van der Waals surface area contributed by atoms with Crippen LogP contribution in [0.15, 0.2) is 24.5 Å². The lowest BCUT2D eigenvalue weighted by Crippen LogP contribution is -2.18. The van der Waals surface area contributed by atoms with Crippen molar-refractivity contribution < 1.29 is 9.90 Å². The highest BCUT2D eigenvalue weighted by molar-refractivity contribution is 5.63. The maximum absolute atomic E-state index is 9.93. The maximum atomic E-state index is 9.93. The molecule has 4 nitrogen and oxygen atoms in total. The first-order valence-electron chi connectivity index (χ1n) is 3.13. The fourth-order valence-electron chi connectivity index (χ4n) is 0.675. The predicted molar refractivity (Wildman–Crippen MR) is 37.2 cm³/mol. The number of nitrogens with zero attached hydrogens (tertiary/aromatic N) is 1. The smallest absolute Gasteiger partial charge is 0.314 e. The third-order valence-electron chi connectivity index (χ3n) is 1.19. The van der Waals surface area contributed by atoms with Gasteiger partial charge in [0.05, 0.1) is 0 Å². The molecule has 1 radical (unpaired) electrons. The van der Waals surface area contributed by atoms with Gasteiger partial charge in [0.25, 0.3) is 0 Å². The molecule has 0 atom stereocenters. The zero-order valence-electron chi connectivity index (χ0n) is 5.78. The number of nitrogens with one attached hydrogen (secondary N) is 1. The lowest BCUT2D eigenvalue weighted by Gasteiger charge is -1.97. The van der Waals surface area contributed by atoms with Gasteiger partial charge in [-0.15, -0.1) is 0 Å². The second-order valence-electron chi connectivity index (χ2n) is 2.00. The van der Waals surface area contributed by atoms with Gasteiger partial charge in [-0.05, 0) is 17.7 Å². The first kappa shape index (κ1) is 7.53. The fourth-order valence-corrected chi connectivity index (χ4v) is 0.675. The second kappa shape index (κ2) is 3.55. The molecule has 1 amide bonds. The van der Waals surface area contributed by atoms with Crippen molar-refractivity contribution in [3.63, 3.8) is 0 Å². The minimum Gasteiger partial charge on any atom is -0.314 e. The Labute approximate surface area is 63.9 Å². The Hall–Kier alpha value is -1.58. The number of hydrogen-bond acceptors (Lipinski definition) is 2. The van der Waals surface area contributed by atoms with Crippen molar-refractivity contribution in [1.29, 1.82) is 0 Å². The minimum absolute atomic E-state index is 0.269. The van der Waals surface area contributed by atoms with Crippen molar-refractivity contribution >= 4 is 6.09 Å². The summed E-state index contributed by atoms with van der Waals surface area (Å²) in [5, 5.41) is 12.1. The Morgan fingerprint density at radius 1 is 1.45 bits per heavy atom. The molecule has 4 heteroatoms. The van der Waals surface area contributed by atoms with Gasteiger partial charge in [-0.1, -0.05) is 0 Å². The van der Waals surface area contributed by atoms with Gasteiger partial charge >= 0.3 is 6.09 Å². The first-order valence-corrected chi connectivity index (χ1v) is 3.13. The zero-order valence-corrected chi connectivity index (χ0v) is 5.78. The highest BCUT2D eigenvalue weighted by Gasteiger charge is 1.96. The highest BCUT2D eigenvalue weighted by atomic mass is 16.4. The first-order chi connectivity index (χ1) is 5.29. The van der Waals surface area contributed by atoms with E-state index in [1.807, 2.05) is 0 Å². The van der Waals surface area contributed by atoms with E-state index in [-0.39, 0.29) is 6.54 Å². The minimum atomic E-state index is -1.26. The van der Waals surface area contributed by atoms with Crippen LogP contribution in [0.25, 0.3) is 0 Å². The van der Waals surface area contributed by atoms with Crippen LogP contribution in [0.4, 0.5) is 4.79 Å². The highest BCUT2D eigenvalue weighted by Crippen LogP contribution is 1.93. The number of rotatable bonds is 2. The summed E-state index contributed by atoms with van der Waals surface area (Å²) >= 11 is 0. The molecule has 1 heterocycles. The summed E-state index contributed by atoms with van der Waals surface area (Å²) in [5.41, 5.74) is 0.865. The zero-order chi connectivity index (χ0) is 8.10. The molecule has 1 aromatic heterocycles. The quantitative estimate of drug-likeness (QED) is 0.676. The van der Waals surface area contributed by atoms with Crippen LogP contribution < -0.4 is 5.32 Å². The van der Waals surface area contributed by atoms with E-state index in [9.17, 15) is 9.90 Å². The molecule has 1 rings (SSSR count). The van der Waals surface area contributed by atoms with Crippen molar-refractivity contribution in [1.82, 2.24) is 10.3 Å². The number of pyridine rings is 1. The Morgan fingerprint density at radius 3 is 2.64 bits per heavy atom. The molecule has 0 spiro atoms. The summed E-state index contributed by atoms with van der Waals surface area (Å²) in [7, 11) is 0. The standard InChI is InChI=1S/C7H7N2O2/c10-7(11)9-5-6-1-3-8-4-2-6/h1-4,9H,5H2. The average molecular weight is 151 g/mol. The van der Waals surface area contributed by atoms with E-state index in [4.69, 9.17) is 0 Å². The average Bonchev–Trinajstić information content (AvgIpc) is 2.03. The molecular formula is C7H7N2O2. The summed E-state index contributed by atoms with van der Waals surface area (Å²) in [6.07, 6.45) is 1.94. The molecule has 57 valence electrons. The predicted octanol–water partition coefficient (Wildman–Crippen LogP) is 0.722. The molecule has 0 saturated carbocycles. The van der Waals surface area contributed by atoms with Crippen LogP contribution in [0.1, 0.15) is 5.56 Å². The number of hydrogen-bond donors (Lipinski definition) is 1. The van der Waals surface area contributed by atoms with Gasteiger partial charge in [-0.2, -0.15) is 0 Å². The Balaban J connectivity index is 2.45. The van der Waals surface area contributed by atoms with Crippen molar-refractivity contribution in [2.24, 2.45) is 0 Å². The van der Waals surface area contributed by atoms with Gasteiger partial charge < -0.3 is 5.32 Å². The van der Waals surface area contributed by atoms with Gasteiger partial charge in [0.2, 0.25) is 0 Å². The van der Waals surface area contributed by atoms with Gasteiger partial charge in [-0.25, -0.2) is 9.90 Å². The molecule has 0 aliphatic carbocycles. The molecule has 0 unspecified atom stereocenters. The van der Waals surface area contributed by atoms with E-state index in [1.165, 1.54) is 0 Å². The number of carbonyl (C=O) groups is 1. The number of aromatic nitrogens is 1. The summed E-state index contributed by atoms with van der Waals surface area (Å²) in [4.78, 5) is 13.7. The van der Waals surface area contributed by atoms with E-state index < -0.39 is 6.09 Å². The summed E-state index contributed by atoms with van der Waals surface area (Å²) in [6, 6.07) is 3.46. The van der Waals surface area contributed by atoms with E-state index in [1.54, 1.807) is 24.5 Å². The molecular weight excluding hydrogens is 144 g/mol. The van der Waals surface area contributed by atoms with Gasteiger partial charge in [-0.3, -0.25) is 4.98 Å². The van der Waals surface area contributed by atoms with E-state index >= 15 is 0 Å². The van der Waals surface area contributed by atoms with E-state index in [0.717, 1.165) is 5.56 Å². The molecule has 0 fully saturated rings. The van der Waals surface area contributed by atoms with Crippen LogP contribution in [0, 0.1) is 0 Å². The summed E-state index contributed by atoms with van der Waals surface area (Å²) < 4.78 is 0. The van der Waals surface area contributed by atoms with Crippen molar-refractivity contribution in [3.05, 3.63) is 30.1 Å². The number of amides is 1. The molecule has 1 N–H and O–H groups in total. The fraction of sp³-hybridized carbons (Fsp3) is 0.143. The molecule has 0 aromatic carbocycles. The van der Waals surface area contributed by atoms with Crippen LogP contribution in [-0.4, -0.2) is 11.1 Å². The van der Waals surface area contributed by atoms with Gasteiger partial charge in [0.1, 0.15) is 0 Å². The van der Waals surface area contributed by atoms with E-state index in [0.29, 0.717) is 0 Å². The van der Waals surface area contributed by atoms with E-state index in [2.05, 4.69) is 10.3 Å². The van der Waals surface area contributed by atoms with Crippen LogP contribution in [0.5, 0.6) is 0 Å². The molecule has 1 aromatic rings. The Morgan fingerprint density at radius 2 is 2.09 bits per heavy atom. The summed E-state index contributed by atoms with van der Waals surface area (Å²) in [5.74, 6) is 0. The number of carbonyl (C=O) groups excluding carboxylic acids is 1. The lowest BCUT2D eigenvalue weighted by atomic mass is 10.3. The second-order valence-corrected chi connectivity index (χ2v) is 2.00. The van der Waals surface area contributed by atoms with Crippen molar-refractivity contribution in [2.45, 2.75) is 6.54 Å². The third kappa shape index (κ3) is 2.66. The topological polar surface area (TPSA) is 61.9 Å². The Kier molecular flexibility index (Phi) is 2.43. The molecule has 0 aliphatic rings. The SMILES string of the molecule is [O]C(=O)NCc1ccncc1. The molecule has 0 bridgehead atoms. The van der Waals surface area contributed by atoms with Gasteiger partial charge in [0, 0.05) is 18.9 Å². The van der Waals surface area contributed by atoms with Crippen LogP contribution in [-0.2, 0) is 11.7 Å². The van der Waals surface area contributed by atoms with Crippen LogP contribution in [0.2, 0.25) is 0 Å². The monoisotopic (exact) mass is 151 g/mol. The molecule has 0 aliphatic heterocycles. The van der Waals surface area contributed by atoms with Crippen molar-refractivity contribution in [2.75, 3.05) is 0 Å². The summed E-state index contributed by atoms with van der Waals surface area (Å²) in [6.45, 7) is 0.269. The molecule has 11 heavy (non-hydrogen) atoms. The van der Waals surface area contributed by atoms with Crippen molar-refractivity contribution in [3.8, 4) is 0 Å². The molecule has 0 saturated heterocycles.